The van der Waals surface area contributed by atoms with Gasteiger partial charge in [-0.25, -0.2) is 0 Å². The molecule has 0 aromatic heterocycles. The monoisotopic (exact) mass is 185 g/mol. The molecular weight excluding hydrogens is 178 g/mol. The van der Waals surface area contributed by atoms with Gasteiger partial charge in [0.25, 0.3) is 0 Å². The van der Waals surface area contributed by atoms with Crippen LogP contribution in [0.5, 0.6) is 5.75 Å². The molecule has 2 aromatic carbocycles. The largest absolute Gasteiger partial charge is 0.508 e. The Kier molecular flexibility index (Phi) is 1.97. The van der Waals surface area contributed by atoms with Crippen molar-refractivity contribution in [1.29, 1.82) is 0 Å². The fourth-order valence-electron chi connectivity index (χ4n) is 1.38. The Labute approximate surface area is 80.0 Å². The second-order valence-electron chi connectivity index (χ2n) is 2.87. The highest BCUT2D eigenvalue weighted by atomic mass is 16.3. The van der Waals surface area contributed by atoms with Crippen molar-refractivity contribution >= 4 is 16.5 Å². The van der Waals surface area contributed by atoms with E-state index in [-0.39, 0.29) is 5.75 Å². The van der Waals surface area contributed by atoms with Gasteiger partial charge in [0.1, 0.15) is 5.75 Å². The lowest BCUT2D eigenvalue weighted by molar-refractivity contribution is 0.476. The lowest BCUT2D eigenvalue weighted by atomic mass is 10.1. The van der Waals surface area contributed by atoms with Crippen LogP contribution in [0.25, 0.3) is 21.2 Å². The highest BCUT2D eigenvalue weighted by Crippen LogP contribution is 2.28. The molecule has 0 unspecified atom stereocenters. The minimum Gasteiger partial charge on any atom is -0.508 e. The van der Waals surface area contributed by atoms with Crippen LogP contribution in [-0.2, 0) is 0 Å². The zero-order valence-electron chi connectivity index (χ0n) is 7.25. The van der Waals surface area contributed by atoms with Crippen molar-refractivity contribution in [2.75, 3.05) is 0 Å². The van der Waals surface area contributed by atoms with Crippen LogP contribution in [0, 0.1) is 0 Å². The molecule has 0 amide bonds. The van der Waals surface area contributed by atoms with Crippen LogP contribution < -0.4 is 0 Å². The topological polar surface area (TPSA) is 69.0 Å². The number of phenols is 1. The maximum atomic E-state index is 9.29. The van der Waals surface area contributed by atoms with Crippen LogP contribution >= 0.6 is 0 Å². The van der Waals surface area contributed by atoms with Crippen LogP contribution in [-0.4, -0.2) is 5.11 Å². The molecule has 0 atom stereocenters. The summed E-state index contributed by atoms with van der Waals surface area (Å²) in [6.07, 6.45) is 0. The second-order valence-corrected chi connectivity index (χ2v) is 2.87. The summed E-state index contributed by atoms with van der Waals surface area (Å²) in [4.78, 5) is 2.73. The van der Waals surface area contributed by atoms with Gasteiger partial charge in [-0.2, -0.15) is 0 Å². The predicted octanol–water partition coefficient (Wildman–Crippen LogP) is 3.49. The summed E-state index contributed by atoms with van der Waals surface area (Å²) in [6, 6.07) is 10.4. The normalized spacial score (nSPS) is 9.71. The molecule has 0 fully saturated rings. The standard InChI is InChI=1S/C10H7N3O/c11-13-12-10-3-1-2-7-4-5-8(14)6-9(7)10/h1-6,14H. The number of phenolic OH excluding ortho intramolecular Hbond substituents is 1. The van der Waals surface area contributed by atoms with Crippen LogP contribution in [0.1, 0.15) is 0 Å². The fraction of sp³-hybridized carbons (Fsp3) is 0. The minimum atomic E-state index is 0.165. The molecule has 2 rings (SSSR count). The highest BCUT2D eigenvalue weighted by Gasteiger charge is 1.99. The number of nitrogens with zero attached hydrogens (tertiary/aromatic N) is 3. The molecule has 0 spiro atoms. The van der Waals surface area contributed by atoms with E-state index in [9.17, 15) is 5.11 Å². The first kappa shape index (κ1) is 8.41. The number of aromatic hydroxyl groups is 1. The Morgan fingerprint density at radius 3 is 2.86 bits per heavy atom. The van der Waals surface area contributed by atoms with Crippen LogP contribution in [0.2, 0.25) is 0 Å². The van der Waals surface area contributed by atoms with Gasteiger partial charge in [0, 0.05) is 10.6 Å². The smallest absolute Gasteiger partial charge is 0.116 e. The van der Waals surface area contributed by atoms with Gasteiger partial charge >= 0.3 is 0 Å². The third kappa shape index (κ3) is 1.34. The third-order valence-corrected chi connectivity index (χ3v) is 2.00. The number of hydrogen-bond donors (Lipinski definition) is 1. The Bertz CT molecular complexity index is 530. The number of azide groups is 1. The van der Waals surface area contributed by atoms with Crippen molar-refractivity contribution in [3.63, 3.8) is 0 Å². The first-order chi connectivity index (χ1) is 6.81. The minimum absolute atomic E-state index is 0.165. The van der Waals surface area contributed by atoms with E-state index in [1.54, 1.807) is 24.3 Å². The summed E-state index contributed by atoms with van der Waals surface area (Å²) in [5, 5.41) is 14.5. The van der Waals surface area contributed by atoms with Crippen LogP contribution in [0.15, 0.2) is 41.5 Å². The van der Waals surface area contributed by atoms with Gasteiger partial charge < -0.3 is 5.11 Å². The molecule has 0 radical (unpaired) electrons. The second kappa shape index (κ2) is 3.28. The Balaban J connectivity index is 2.83. The molecule has 2 aromatic rings. The Morgan fingerprint density at radius 1 is 1.21 bits per heavy atom. The van der Waals surface area contributed by atoms with E-state index in [2.05, 4.69) is 10.0 Å². The van der Waals surface area contributed by atoms with Crippen molar-refractivity contribution < 1.29 is 5.11 Å². The molecule has 0 aliphatic heterocycles. The molecule has 1 N–H and O–H groups in total. The molecule has 68 valence electrons. The number of benzene rings is 2. The van der Waals surface area contributed by atoms with E-state index in [1.807, 2.05) is 12.1 Å². The fourth-order valence-corrected chi connectivity index (χ4v) is 1.38. The molecular formula is C10H7N3O. The lowest BCUT2D eigenvalue weighted by Crippen LogP contribution is -1.72. The number of hydrogen-bond acceptors (Lipinski definition) is 2. The molecule has 0 aliphatic carbocycles. The van der Waals surface area contributed by atoms with Crippen molar-refractivity contribution in [3.05, 3.63) is 46.8 Å². The summed E-state index contributed by atoms with van der Waals surface area (Å²) >= 11 is 0. The van der Waals surface area contributed by atoms with Gasteiger partial charge in [-0.05, 0) is 28.4 Å². The summed E-state index contributed by atoms with van der Waals surface area (Å²) in [5.74, 6) is 0.165. The maximum absolute atomic E-state index is 9.29. The van der Waals surface area contributed by atoms with Gasteiger partial charge in [-0.1, -0.05) is 29.4 Å². The van der Waals surface area contributed by atoms with E-state index < -0.39 is 0 Å². The molecule has 14 heavy (non-hydrogen) atoms. The van der Waals surface area contributed by atoms with Gasteiger partial charge in [-0.3, -0.25) is 0 Å². The van der Waals surface area contributed by atoms with Crippen molar-refractivity contribution in [3.8, 4) is 5.75 Å². The molecule has 4 heteroatoms. The molecule has 4 nitrogen and oxygen atoms in total. The van der Waals surface area contributed by atoms with E-state index in [0.717, 1.165) is 10.8 Å². The van der Waals surface area contributed by atoms with Gasteiger partial charge in [-0.15, -0.1) is 0 Å². The van der Waals surface area contributed by atoms with E-state index in [0.29, 0.717) is 5.69 Å². The summed E-state index contributed by atoms with van der Waals surface area (Å²) in [6.45, 7) is 0. The third-order valence-electron chi connectivity index (χ3n) is 2.00. The molecule has 0 saturated heterocycles. The van der Waals surface area contributed by atoms with Crippen molar-refractivity contribution in [2.45, 2.75) is 0 Å². The Morgan fingerprint density at radius 2 is 2.07 bits per heavy atom. The SMILES string of the molecule is [N-]=[N+]=Nc1cccc2ccc(O)cc12. The van der Waals surface area contributed by atoms with Gasteiger partial charge in [0.2, 0.25) is 0 Å². The summed E-state index contributed by atoms with van der Waals surface area (Å²) in [7, 11) is 0. The summed E-state index contributed by atoms with van der Waals surface area (Å²) < 4.78 is 0. The first-order valence-corrected chi connectivity index (χ1v) is 4.08. The van der Waals surface area contributed by atoms with Gasteiger partial charge in [0.15, 0.2) is 0 Å². The van der Waals surface area contributed by atoms with E-state index >= 15 is 0 Å². The van der Waals surface area contributed by atoms with E-state index in [1.165, 1.54) is 0 Å². The average Bonchev–Trinajstić information content (AvgIpc) is 2.19. The van der Waals surface area contributed by atoms with Crippen LogP contribution in [0.3, 0.4) is 0 Å². The van der Waals surface area contributed by atoms with Crippen molar-refractivity contribution in [1.82, 2.24) is 0 Å². The zero-order chi connectivity index (χ0) is 9.97. The quantitative estimate of drug-likeness (QED) is 0.412. The molecule has 0 saturated carbocycles. The zero-order valence-corrected chi connectivity index (χ0v) is 7.25. The van der Waals surface area contributed by atoms with E-state index in [4.69, 9.17) is 5.53 Å². The number of fused-ring (bicyclic) bond motifs is 1. The molecule has 0 bridgehead atoms. The maximum Gasteiger partial charge on any atom is 0.116 e. The highest BCUT2D eigenvalue weighted by molar-refractivity contribution is 5.93. The molecule has 0 aliphatic rings. The van der Waals surface area contributed by atoms with Crippen molar-refractivity contribution in [2.24, 2.45) is 5.11 Å². The summed E-state index contributed by atoms with van der Waals surface area (Å²) in [5.41, 5.74) is 8.87. The molecule has 0 heterocycles. The number of rotatable bonds is 1. The average molecular weight is 185 g/mol. The van der Waals surface area contributed by atoms with Gasteiger partial charge in [0.05, 0.1) is 0 Å². The lowest BCUT2D eigenvalue weighted by Gasteiger charge is -2.01. The predicted molar refractivity (Wildman–Crippen MR) is 54.4 cm³/mol. The first-order valence-electron chi connectivity index (χ1n) is 4.08. The Hall–Kier alpha value is -2.19. The van der Waals surface area contributed by atoms with Crippen LogP contribution in [0.4, 0.5) is 5.69 Å².